The highest BCUT2D eigenvalue weighted by molar-refractivity contribution is 7.51. The molecule has 0 bridgehead atoms. The Morgan fingerprint density at radius 2 is 1.85 bits per heavy atom. The van der Waals surface area contributed by atoms with Crippen molar-refractivity contribution in [3.05, 3.63) is 41.7 Å². The summed E-state index contributed by atoms with van der Waals surface area (Å²) in [4.78, 5) is 30.4. The zero-order valence-electron chi connectivity index (χ0n) is 13.8. The highest BCUT2D eigenvalue weighted by Crippen LogP contribution is 2.33. The van der Waals surface area contributed by atoms with Crippen molar-refractivity contribution in [2.75, 3.05) is 24.4 Å². The minimum Gasteiger partial charge on any atom is -0.382 e. The molecule has 2 aromatic heterocycles. The van der Waals surface area contributed by atoms with Gasteiger partial charge in [-0.3, -0.25) is 4.57 Å². The number of ether oxygens (including phenoxy) is 1. The van der Waals surface area contributed by atoms with Crippen LogP contribution in [-0.2, 0) is 22.3 Å². The number of benzene rings is 1. The third-order valence-electron chi connectivity index (χ3n) is 3.64. The first kappa shape index (κ1) is 18.3. The van der Waals surface area contributed by atoms with Gasteiger partial charge in [0.15, 0.2) is 17.0 Å². The summed E-state index contributed by atoms with van der Waals surface area (Å²) in [6.07, 6.45) is -0.123. The molecule has 3 aromatic rings. The van der Waals surface area contributed by atoms with Gasteiger partial charge in [-0.1, -0.05) is 30.3 Å². The summed E-state index contributed by atoms with van der Waals surface area (Å²) in [5.74, 6) is 0.882. The van der Waals surface area contributed by atoms with E-state index in [1.165, 1.54) is 0 Å². The van der Waals surface area contributed by atoms with Gasteiger partial charge in [0.05, 0.1) is 6.61 Å². The van der Waals surface area contributed by atoms with Crippen molar-refractivity contribution in [3.8, 4) is 0 Å². The van der Waals surface area contributed by atoms with E-state index in [9.17, 15) is 4.57 Å². The van der Waals surface area contributed by atoms with Crippen LogP contribution >= 0.6 is 7.60 Å². The van der Waals surface area contributed by atoms with E-state index in [1.54, 1.807) is 4.57 Å². The van der Waals surface area contributed by atoms with E-state index >= 15 is 0 Å². The number of rotatable bonds is 7. The molecule has 10 nitrogen and oxygen atoms in total. The summed E-state index contributed by atoms with van der Waals surface area (Å²) in [6, 6.07) is 9.72. The van der Waals surface area contributed by atoms with Gasteiger partial charge in [-0.05, 0) is 5.56 Å². The molecule has 11 heteroatoms. The molecule has 0 saturated heterocycles. The van der Waals surface area contributed by atoms with E-state index < -0.39 is 13.9 Å². The van der Waals surface area contributed by atoms with Crippen molar-refractivity contribution in [1.29, 1.82) is 0 Å². The van der Waals surface area contributed by atoms with Crippen molar-refractivity contribution in [2.45, 2.75) is 13.0 Å². The Hall–Kier alpha value is -2.52. The van der Waals surface area contributed by atoms with Gasteiger partial charge in [-0.2, -0.15) is 9.97 Å². The van der Waals surface area contributed by atoms with Crippen molar-refractivity contribution in [3.63, 3.8) is 0 Å². The number of nitrogen functional groups attached to an aromatic ring is 2. The molecule has 0 aliphatic carbocycles. The van der Waals surface area contributed by atoms with Crippen LogP contribution in [-0.4, -0.2) is 42.3 Å². The molecule has 0 radical (unpaired) electrons. The molecule has 0 spiro atoms. The second kappa shape index (κ2) is 7.38. The van der Waals surface area contributed by atoms with Crippen molar-refractivity contribution in [1.82, 2.24) is 19.5 Å². The Kier molecular flexibility index (Phi) is 5.19. The number of fused-ring (bicyclic) bond motifs is 1. The lowest BCUT2D eigenvalue weighted by Crippen LogP contribution is -2.12. The molecule has 0 atom stereocenters. The van der Waals surface area contributed by atoms with Crippen LogP contribution in [0.2, 0.25) is 0 Å². The molecule has 138 valence electrons. The van der Waals surface area contributed by atoms with E-state index in [4.69, 9.17) is 26.0 Å². The van der Waals surface area contributed by atoms with Crippen LogP contribution in [0.3, 0.4) is 0 Å². The number of aromatic nitrogens is 4. The first-order valence-electron chi connectivity index (χ1n) is 7.78. The lowest BCUT2D eigenvalue weighted by atomic mass is 10.1. The minimum absolute atomic E-state index is 0.0264. The normalized spacial score (nSPS) is 11.9. The number of anilines is 2. The molecule has 0 aliphatic heterocycles. The highest BCUT2D eigenvalue weighted by atomic mass is 31.2. The SMILES string of the molecule is Nc1nc(N)c2nc(Cc3ccccc3)n(CCOCP(=O)(O)O)c2n1. The maximum absolute atomic E-state index is 10.9. The number of imidazole rings is 1. The number of nitrogens with two attached hydrogens (primary N) is 2. The minimum atomic E-state index is -4.22. The Morgan fingerprint density at radius 3 is 2.54 bits per heavy atom. The molecule has 1 aromatic carbocycles. The molecule has 2 heterocycles. The summed E-state index contributed by atoms with van der Waals surface area (Å²) in [7, 11) is -4.22. The standard InChI is InChI=1S/C15H19N6O4P/c16-13-12-14(20-15(17)19-13)21(6-7-25-9-26(22,23)24)11(18-12)8-10-4-2-1-3-5-10/h1-5H,6-9H2,(H2,22,23,24)(H4,16,17,19,20). The maximum atomic E-state index is 10.9. The van der Waals surface area contributed by atoms with E-state index in [1.807, 2.05) is 30.3 Å². The summed E-state index contributed by atoms with van der Waals surface area (Å²) < 4.78 is 17.7. The van der Waals surface area contributed by atoms with Crippen LogP contribution in [0.4, 0.5) is 11.8 Å². The zero-order valence-corrected chi connectivity index (χ0v) is 14.7. The summed E-state index contributed by atoms with van der Waals surface area (Å²) in [5.41, 5.74) is 13.5. The van der Waals surface area contributed by atoms with Gasteiger partial charge in [0, 0.05) is 13.0 Å². The van der Waals surface area contributed by atoms with Gasteiger partial charge in [-0.25, -0.2) is 4.98 Å². The Labute approximate surface area is 149 Å². The molecule has 6 N–H and O–H groups in total. The molecule has 3 rings (SSSR count). The van der Waals surface area contributed by atoms with Gasteiger partial charge in [0.1, 0.15) is 12.2 Å². The third kappa shape index (κ3) is 4.36. The summed E-state index contributed by atoms with van der Waals surface area (Å²) in [5, 5.41) is 0. The smallest absolute Gasteiger partial charge is 0.350 e. The molecule has 26 heavy (non-hydrogen) atoms. The van der Waals surface area contributed by atoms with Crippen molar-refractivity contribution in [2.24, 2.45) is 0 Å². The Bertz CT molecular complexity index is 956. The fourth-order valence-electron chi connectivity index (χ4n) is 2.57. The van der Waals surface area contributed by atoms with Gasteiger partial charge in [0.25, 0.3) is 0 Å². The lowest BCUT2D eigenvalue weighted by Gasteiger charge is -2.10. The van der Waals surface area contributed by atoms with Gasteiger partial charge in [0.2, 0.25) is 5.95 Å². The van der Waals surface area contributed by atoms with E-state index in [2.05, 4.69) is 15.0 Å². The zero-order chi connectivity index (χ0) is 18.7. The van der Waals surface area contributed by atoms with Crippen LogP contribution in [0.25, 0.3) is 11.2 Å². The monoisotopic (exact) mass is 378 g/mol. The van der Waals surface area contributed by atoms with E-state index in [-0.39, 0.29) is 24.9 Å². The second-order valence-electron chi connectivity index (χ2n) is 5.68. The fourth-order valence-corrected chi connectivity index (χ4v) is 2.94. The lowest BCUT2D eigenvalue weighted by molar-refractivity contribution is 0.149. The van der Waals surface area contributed by atoms with Gasteiger partial charge >= 0.3 is 7.60 Å². The van der Waals surface area contributed by atoms with E-state index in [0.29, 0.717) is 23.4 Å². The first-order chi connectivity index (χ1) is 12.3. The van der Waals surface area contributed by atoms with Crippen LogP contribution in [0, 0.1) is 0 Å². The number of nitrogens with zero attached hydrogens (tertiary/aromatic N) is 4. The molecule has 0 saturated carbocycles. The summed E-state index contributed by atoms with van der Waals surface area (Å²) >= 11 is 0. The average molecular weight is 378 g/mol. The van der Waals surface area contributed by atoms with Gasteiger partial charge in [-0.15, -0.1) is 0 Å². The van der Waals surface area contributed by atoms with Crippen LogP contribution in [0.15, 0.2) is 30.3 Å². The quantitative estimate of drug-likeness (QED) is 0.343. The van der Waals surface area contributed by atoms with Crippen LogP contribution in [0.1, 0.15) is 11.4 Å². The van der Waals surface area contributed by atoms with Gasteiger partial charge < -0.3 is 30.6 Å². The van der Waals surface area contributed by atoms with Crippen LogP contribution < -0.4 is 11.5 Å². The average Bonchev–Trinajstić information content (AvgIpc) is 2.89. The molecular formula is C15H19N6O4P. The highest BCUT2D eigenvalue weighted by Gasteiger charge is 2.17. The number of hydrogen-bond donors (Lipinski definition) is 4. The Morgan fingerprint density at radius 1 is 1.12 bits per heavy atom. The largest absolute Gasteiger partial charge is 0.382 e. The number of hydrogen-bond acceptors (Lipinski definition) is 7. The topological polar surface area (TPSA) is 162 Å². The first-order valence-corrected chi connectivity index (χ1v) is 9.57. The molecule has 0 aliphatic rings. The van der Waals surface area contributed by atoms with Crippen molar-refractivity contribution < 1.29 is 19.1 Å². The predicted molar refractivity (Wildman–Crippen MR) is 96.3 cm³/mol. The molecule has 0 fully saturated rings. The third-order valence-corrected chi connectivity index (χ3v) is 4.16. The Balaban J connectivity index is 1.91. The summed E-state index contributed by atoms with van der Waals surface area (Å²) in [6.45, 7) is 0.358. The second-order valence-corrected chi connectivity index (χ2v) is 7.27. The fraction of sp³-hybridized carbons (Fsp3) is 0.267. The predicted octanol–water partition coefficient (Wildman–Crippen LogP) is 0.733. The maximum Gasteiger partial charge on any atom is 0.350 e. The van der Waals surface area contributed by atoms with Crippen molar-refractivity contribution >= 4 is 30.5 Å². The molecule has 0 amide bonds. The molecular weight excluding hydrogens is 359 g/mol. The molecule has 0 unspecified atom stereocenters. The van der Waals surface area contributed by atoms with Crippen LogP contribution in [0.5, 0.6) is 0 Å². The van der Waals surface area contributed by atoms with E-state index in [0.717, 1.165) is 5.56 Å².